The van der Waals surface area contributed by atoms with Crippen LogP contribution in [-0.4, -0.2) is 16.1 Å². The van der Waals surface area contributed by atoms with Gasteiger partial charge in [-0.15, -0.1) is 0 Å². The smallest absolute Gasteiger partial charge is 0.303 e. The molecule has 0 atom stereocenters. The van der Waals surface area contributed by atoms with Crippen molar-refractivity contribution < 1.29 is 19.1 Å². The molecule has 0 aliphatic rings. The van der Waals surface area contributed by atoms with Crippen LogP contribution in [0.1, 0.15) is 29.0 Å². The molecule has 152 valence electrons. The average molecular weight is 401 g/mol. The maximum atomic E-state index is 11.2. The van der Waals surface area contributed by atoms with Crippen LogP contribution >= 0.6 is 0 Å². The first-order chi connectivity index (χ1) is 14.7. The standard InChI is InChI=1S/C25H23NO4/c27-25(28)13-12-22-23(19-5-2-1-3-6-19)16-26-24(22)15-18-8-10-20(11-9-18)30-17-21-7-4-14-29-21/h1-11,14,16,26H,12-13,15,17H2,(H,27,28). The molecule has 30 heavy (non-hydrogen) atoms. The fraction of sp³-hybridized carbons (Fsp3) is 0.160. The summed E-state index contributed by atoms with van der Waals surface area (Å²) < 4.78 is 11.0. The summed E-state index contributed by atoms with van der Waals surface area (Å²) in [5.41, 5.74) is 5.37. The van der Waals surface area contributed by atoms with Crippen LogP contribution in [0, 0.1) is 0 Å². The Balaban J connectivity index is 1.50. The Morgan fingerprint density at radius 3 is 2.50 bits per heavy atom. The summed E-state index contributed by atoms with van der Waals surface area (Å²) in [6.07, 6.45) is 4.89. The molecule has 2 aromatic carbocycles. The number of aliphatic carboxylic acids is 1. The Bertz CT molecular complexity index is 1080. The lowest BCUT2D eigenvalue weighted by Gasteiger charge is -2.09. The van der Waals surface area contributed by atoms with Crippen LogP contribution < -0.4 is 4.74 Å². The van der Waals surface area contributed by atoms with Crippen molar-refractivity contribution in [1.82, 2.24) is 4.98 Å². The number of aromatic nitrogens is 1. The van der Waals surface area contributed by atoms with E-state index in [0.717, 1.165) is 39.5 Å². The van der Waals surface area contributed by atoms with Gasteiger partial charge in [-0.1, -0.05) is 42.5 Å². The van der Waals surface area contributed by atoms with Gasteiger partial charge in [-0.3, -0.25) is 4.79 Å². The van der Waals surface area contributed by atoms with Gasteiger partial charge < -0.3 is 19.2 Å². The Labute approximate surface area is 175 Å². The van der Waals surface area contributed by atoms with Gasteiger partial charge in [-0.05, 0) is 47.4 Å². The summed E-state index contributed by atoms with van der Waals surface area (Å²) in [7, 11) is 0. The van der Waals surface area contributed by atoms with Gasteiger partial charge in [-0.2, -0.15) is 0 Å². The van der Waals surface area contributed by atoms with E-state index < -0.39 is 5.97 Å². The molecule has 0 saturated carbocycles. The lowest BCUT2D eigenvalue weighted by molar-refractivity contribution is -0.136. The molecule has 0 aliphatic carbocycles. The second-order valence-corrected chi connectivity index (χ2v) is 7.11. The van der Waals surface area contributed by atoms with Crippen LogP contribution in [-0.2, 0) is 24.2 Å². The van der Waals surface area contributed by atoms with Crippen LogP contribution in [0.5, 0.6) is 5.75 Å². The molecular weight excluding hydrogens is 378 g/mol. The van der Waals surface area contributed by atoms with E-state index in [2.05, 4.69) is 4.98 Å². The second kappa shape index (κ2) is 9.18. The molecule has 0 amide bonds. The minimum Gasteiger partial charge on any atom is -0.486 e. The monoisotopic (exact) mass is 401 g/mol. The summed E-state index contributed by atoms with van der Waals surface area (Å²) in [4.78, 5) is 14.5. The van der Waals surface area contributed by atoms with E-state index in [-0.39, 0.29) is 6.42 Å². The zero-order valence-corrected chi connectivity index (χ0v) is 16.5. The number of hydrogen-bond acceptors (Lipinski definition) is 3. The fourth-order valence-electron chi connectivity index (χ4n) is 3.50. The number of benzene rings is 2. The maximum Gasteiger partial charge on any atom is 0.303 e. The minimum atomic E-state index is -0.792. The van der Waals surface area contributed by atoms with Crippen molar-refractivity contribution in [2.24, 2.45) is 0 Å². The molecule has 0 fully saturated rings. The van der Waals surface area contributed by atoms with E-state index >= 15 is 0 Å². The summed E-state index contributed by atoms with van der Waals surface area (Å²) in [5, 5.41) is 9.17. The number of nitrogens with one attached hydrogen (secondary N) is 1. The van der Waals surface area contributed by atoms with Crippen molar-refractivity contribution in [3.8, 4) is 16.9 Å². The van der Waals surface area contributed by atoms with Crippen LogP contribution in [0.25, 0.3) is 11.1 Å². The first kappa shape index (κ1) is 19.6. The molecule has 0 unspecified atom stereocenters. The molecule has 2 heterocycles. The predicted molar refractivity (Wildman–Crippen MR) is 114 cm³/mol. The molecule has 0 radical (unpaired) electrons. The van der Waals surface area contributed by atoms with Gasteiger partial charge in [0.05, 0.1) is 6.26 Å². The van der Waals surface area contributed by atoms with Gasteiger partial charge in [0.25, 0.3) is 0 Å². The minimum absolute atomic E-state index is 0.101. The molecule has 2 aromatic heterocycles. The Kier molecular flexibility index (Phi) is 5.99. The third-order valence-electron chi connectivity index (χ3n) is 5.02. The number of H-pyrrole nitrogens is 1. The van der Waals surface area contributed by atoms with E-state index in [1.807, 2.05) is 72.9 Å². The van der Waals surface area contributed by atoms with E-state index in [0.29, 0.717) is 19.4 Å². The van der Waals surface area contributed by atoms with Gasteiger partial charge in [0.15, 0.2) is 0 Å². The molecule has 0 aliphatic heterocycles. The number of rotatable bonds is 9. The molecule has 0 bridgehead atoms. The SMILES string of the molecule is O=C(O)CCc1c(-c2ccccc2)c[nH]c1Cc1ccc(OCc2ccco2)cc1. The van der Waals surface area contributed by atoms with E-state index in [1.165, 1.54) is 0 Å². The topological polar surface area (TPSA) is 75.5 Å². The highest BCUT2D eigenvalue weighted by Crippen LogP contribution is 2.29. The van der Waals surface area contributed by atoms with Crippen molar-refractivity contribution >= 4 is 5.97 Å². The molecular formula is C25H23NO4. The van der Waals surface area contributed by atoms with Crippen molar-refractivity contribution in [2.45, 2.75) is 25.9 Å². The largest absolute Gasteiger partial charge is 0.486 e. The molecule has 0 saturated heterocycles. The van der Waals surface area contributed by atoms with Gasteiger partial charge in [-0.25, -0.2) is 0 Å². The third kappa shape index (κ3) is 4.81. The zero-order valence-electron chi connectivity index (χ0n) is 16.5. The van der Waals surface area contributed by atoms with Gasteiger partial charge in [0.2, 0.25) is 0 Å². The second-order valence-electron chi connectivity index (χ2n) is 7.11. The number of hydrogen-bond donors (Lipinski definition) is 2. The van der Waals surface area contributed by atoms with E-state index in [9.17, 15) is 9.90 Å². The number of ether oxygens (including phenoxy) is 1. The van der Waals surface area contributed by atoms with Gasteiger partial charge in [0.1, 0.15) is 18.1 Å². The molecule has 5 nitrogen and oxygen atoms in total. The Morgan fingerprint density at radius 1 is 1.00 bits per heavy atom. The van der Waals surface area contributed by atoms with E-state index in [4.69, 9.17) is 9.15 Å². The lowest BCUT2D eigenvalue weighted by Crippen LogP contribution is -2.01. The average Bonchev–Trinajstić information content (AvgIpc) is 3.42. The summed E-state index contributed by atoms with van der Waals surface area (Å²) in [6.45, 7) is 0.392. The van der Waals surface area contributed by atoms with Crippen molar-refractivity contribution in [1.29, 1.82) is 0 Å². The lowest BCUT2D eigenvalue weighted by atomic mass is 9.97. The molecule has 0 spiro atoms. The van der Waals surface area contributed by atoms with Crippen LogP contribution in [0.4, 0.5) is 0 Å². The first-order valence-corrected chi connectivity index (χ1v) is 9.89. The van der Waals surface area contributed by atoms with Crippen molar-refractivity contribution in [3.63, 3.8) is 0 Å². The van der Waals surface area contributed by atoms with Gasteiger partial charge >= 0.3 is 5.97 Å². The summed E-state index contributed by atoms with van der Waals surface area (Å²) in [5.74, 6) is 0.763. The van der Waals surface area contributed by atoms with E-state index in [1.54, 1.807) is 6.26 Å². The number of furan rings is 1. The van der Waals surface area contributed by atoms with Crippen LogP contribution in [0.3, 0.4) is 0 Å². The molecule has 5 heteroatoms. The highest BCUT2D eigenvalue weighted by Gasteiger charge is 2.14. The highest BCUT2D eigenvalue weighted by molar-refractivity contribution is 5.71. The molecule has 4 rings (SSSR count). The molecule has 4 aromatic rings. The highest BCUT2D eigenvalue weighted by atomic mass is 16.5. The Hall–Kier alpha value is -3.73. The van der Waals surface area contributed by atoms with Crippen LogP contribution in [0.15, 0.2) is 83.6 Å². The predicted octanol–water partition coefficient (Wildman–Crippen LogP) is 5.46. The van der Waals surface area contributed by atoms with Crippen molar-refractivity contribution in [3.05, 3.63) is 102 Å². The number of aromatic amines is 1. The number of carbonyl (C=O) groups is 1. The normalized spacial score (nSPS) is 10.8. The number of carboxylic acid groups (broad SMARTS) is 1. The third-order valence-corrected chi connectivity index (χ3v) is 5.02. The quantitative estimate of drug-likeness (QED) is 0.390. The zero-order chi connectivity index (χ0) is 20.8. The van der Waals surface area contributed by atoms with Crippen LogP contribution in [0.2, 0.25) is 0 Å². The summed E-state index contributed by atoms with van der Waals surface area (Å²) >= 11 is 0. The van der Waals surface area contributed by atoms with Crippen molar-refractivity contribution in [2.75, 3.05) is 0 Å². The number of carboxylic acids is 1. The van der Waals surface area contributed by atoms with Gasteiger partial charge in [0, 0.05) is 30.3 Å². The maximum absolute atomic E-state index is 11.2. The summed E-state index contributed by atoms with van der Waals surface area (Å²) in [6, 6.07) is 21.7. The Morgan fingerprint density at radius 2 is 1.80 bits per heavy atom. The fourth-order valence-corrected chi connectivity index (χ4v) is 3.50. The molecule has 2 N–H and O–H groups in total. The first-order valence-electron chi connectivity index (χ1n) is 9.89.